The fourth-order valence-electron chi connectivity index (χ4n) is 5.65. The van der Waals surface area contributed by atoms with E-state index in [4.69, 9.17) is 4.74 Å². The van der Waals surface area contributed by atoms with E-state index in [1.807, 2.05) is 6.07 Å². The first-order valence-corrected chi connectivity index (χ1v) is 14.1. The molecule has 2 aliphatic rings. The second kappa shape index (κ2) is 12.2. The minimum atomic E-state index is -1.38. The van der Waals surface area contributed by atoms with E-state index >= 15 is 0 Å². The molecule has 0 saturated heterocycles. The summed E-state index contributed by atoms with van der Waals surface area (Å²) in [6.45, 7) is 4.16. The molecule has 0 spiro atoms. The first-order valence-electron chi connectivity index (χ1n) is 14.1. The van der Waals surface area contributed by atoms with Gasteiger partial charge in [-0.3, -0.25) is 14.4 Å². The fourth-order valence-corrected chi connectivity index (χ4v) is 5.65. The highest BCUT2D eigenvalue weighted by Gasteiger charge is 2.46. The van der Waals surface area contributed by atoms with Gasteiger partial charge in [0.25, 0.3) is 5.91 Å². The molecule has 2 amide bonds. The molecule has 0 atom stereocenters. The number of amides is 2. The number of nitrogens with one attached hydrogen (secondary N) is 2. The smallest absolute Gasteiger partial charge is 0.319 e. The number of anilines is 2. The predicted octanol–water partition coefficient (Wildman–Crippen LogP) is 6.28. The van der Waals surface area contributed by atoms with Crippen LogP contribution in [0.2, 0.25) is 0 Å². The molecule has 4 rings (SSSR count). The van der Waals surface area contributed by atoms with E-state index < -0.39 is 22.9 Å². The number of aliphatic hydroxyl groups is 1. The van der Waals surface area contributed by atoms with Crippen molar-refractivity contribution in [2.75, 3.05) is 10.6 Å². The largest absolute Gasteiger partial charge is 0.480 e. The van der Waals surface area contributed by atoms with Crippen molar-refractivity contribution in [1.82, 2.24) is 0 Å². The number of ether oxygens (including phenoxy) is 1. The monoisotopic (exact) mass is 536 g/mol. The number of aliphatic carboxylic acids is 1. The van der Waals surface area contributed by atoms with Gasteiger partial charge in [-0.2, -0.15) is 0 Å². The molecule has 210 valence electrons. The molecule has 2 aliphatic carbocycles. The molecule has 0 radical (unpaired) electrons. The summed E-state index contributed by atoms with van der Waals surface area (Å²) in [5.74, 6) is -0.418. The Labute approximate surface area is 230 Å². The average molecular weight is 537 g/mol. The van der Waals surface area contributed by atoms with Crippen LogP contribution in [0.25, 0.3) is 0 Å². The molecule has 0 aliphatic heterocycles. The topological polar surface area (TPSA) is 125 Å². The number of carboxylic acid groups (broad SMARTS) is 1. The van der Waals surface area contributed by atoms with E-state index in [-0.39, 0.29) is 5.91 Å². The summed E-state index contributed by atoms with van der Waals surface area (Å²) in [5.41, 5.74) is -0.632. The van der Waals surface area contributed by atoms with Crippen LogP contribution >= 0.6 is 0 Å². The van der Waals surface area contributed by atoms with Crippen LogP contribution in [0, 0.1) is 11.3 Å². The Morgan fingerprint density at radius 2 is 1.41 bits per heavy atom. The maximum atomic E-state index is 13.2. The van der Waals surface area contributed by atoms with Gasteiger partial charge in [0.15, 0.2) is 0 Å². The van der Waals surface area contributed by atoms with Crippen LogP contribution in [0.5, 0.6) is 11.5 Å². The standard InChI is InChI=1S/C31H40N2O6/c1-21(2)19-22-20-25(13-14-26(22)33-27(34)30(29(36)37)15-5-3-6-16-30)39-24-11-9-23(10-12-24)32-28(35)31(38)17-7-4-8-18-31/h9-14,20-21,38H,3-8,15-19H2,1-2H3,(H,32,35)(H,33,34)(H,36,37). The third-order valence-corrected chi connectivity index (χ3v) is 7.96. The lowest BCUT2D eigenvalue weighted by molar-refractivity contribution is -0.156. The number of rotatable bonds is 9. The van der Waals surface area contributed by atoms with E-state index in [0.717, 1.165) is 44.1 Å². The summed E-state index contributed by atoms with van der Waals surface area (Å²) in [5, 5.41) is 26.3. The lowest BCUT2D eigenvalue weighted by Gasteiger charge is -2.32. The van der Waals surface area contributed by atoms with Gasteiger partial charge in [-0.25, -0.2) is 0 Å². The highest BCUT2D eigenvalue weighted by molar-refractivity contribution is 6.08. The maximum Gasteiger partial charge on any atom is 0.319 e. The zero-order valence-corrected chi connectivity index (χ0v) is 22.9. The van der Waals surface area contributed by atoms with Crippen LogP contribution < -0.4 is 15.4 Å². The molecule has 0 bridgehead atoms. The average Bonchev–Trinajstić information content (AvgIpc) is 2.91. The van der Waals surface area contributed by atoms with Gasteiger partial charge in [-0.15, -0.1) is 0 Å². The highest BCUT2D eigenvalue weighted by atomic mass is 16.5. The SMILES string of the molecule is CC(C)Cc1cc(Oc2ccc(NC(=O)C3(O)CCCCC3)cc2)ccc1NC(=O)C1(C(=O)O)CCCCC1. The number of hydrogen-bond acceptors (Lipinski definition) is 5. The van der Waals surface area contributed by atoms with Crippen LogP contribution in [0.3, 0.4) is 0 Å². The maximum absolute atomic E-state index is 13.2. The van der Waals surface area contributed by atoms with E-state index in [0.29, 0.717) is 60.9 Å². The Morgan fingerprint density at radius 3 is 2.00 bits per heavy atom. The number of carbonyl (C=O) groups is 3. The summed E-state index contributed by atoms with van der Waals surface area (Å²) in [6, 6.07) is 12.4. The number of hydrogen-bond donors (Lipinski definition) is 4. The quantitative estimate of drug-likeness (QED) is 0.279. The van der Waals surface area contributed by atoms with Crippen molar-refractivity contribution >= 4 is 29.2 Å². The van der Waals surface area contributed by atoms with Gasteiger partial charge in [0.2, 0.25) is 5.91 Å². The first kappa shape index (κ1) is 28.6. The zero-order chi connectivity index (χ0) is 28.0. The normalized spacial score (nSPS) is 18.3. The second-order valence-electron chi connectivity index (χ2n) is 11.5. The van der Waals surface area contributed by atoms with Crippen molar-refractivity contribution in [2.45, 2.75) is 90.1 Å². The molecule has 2 saturated carbocycles. The minimum Gasteiger partial charge on any atom is -0.480 e. The number of carbonyl (C=O) groups excluding carboxylic acids is 2. The van der Waals surface area contributed by atoms with Crippen molar-refractivity contribution in [3.63, 3.8) is 0 Å². The molecule has 2 aromatic carbocycles. The molecular formula is C31H40N2O6. The molecule has 2 aromatic rings. The summed E-state index contributed by atoms with van der Waals surface area (Å²) in [4.78, 5) is 37.9. The molecular weight excluding hydrogens is 496 g/mol. The minimum absolute atomic E-state index is 0.306. The van der Waals surface area contributed by atoms with Gasteiger partial charge in [0.05, 0.1) is 0 Å². The predicted molar refractivity (Wildman–Crippen MR) is 150 cm³/mol. The molecule has 8 nitrogen and oxygen atoms in total. The van der Waals surface area contributed by atoms with Crippen molar-refractivity contribution in [3.8, 4) is 11.5 Å². The Hall–Kier alpha value is -3.39. The van der Waals surface area contributed by atoms with Gasteiger partial charge in [-0.1, -0.05) is 52.4 Å². The van der Waals surface area contributed by atoms with Crippen molar-refractivity contribution in [2.24, 2.45) is 11.3 Å². The van der Waals surface area contributed by atoms with E-state index in [2.05, 4.69) is 24.5 Å². The van der Waals surface area contributed by atoms with E-state index in [1.165, 1.54) is 0 Å². The van der Waals surface area contributed by atoms with Gasteiger partial charge >= 0.3 is 5.97 Å². The summed E-state index contributed by atoms with van der Waals surface area (Å²) in [6.07, 6.45) is 7.48. The van der Waals surface area contributed by atoms with Crippen LogP contribution in [-0.2, 0) is 20.8 Å². The number of benzene rings is 2. The lowest BCUT2D eigenvalue weighted by atomic mass is 9.73. The molecule has 39 heavy (non-hydrogen) atoms. The van der Waals surface area contributed by atoms with E-state index in [9.17, 15) is 24.6 Å². The van der Waals surface area contributed by atoms with Gasteiger partial charge in [-0.05, 0) is 86.1 Å². The zero-order valence-electron chi connectivity index (χ0n) is 22.9. The van der Waals surface area contributed by atoms with Crippen LogP contribution in [0.1, 0.15) is 83.6 Å². The molecule has 0 heterocycles. The Bertz CT molecular complexity index is 1180. The Balaban J connectivity index is 1.45. The fraction of sp³-hybridized carbons (Fsp3) is 0.516. The highest BCUT2D eigenvalue weighted by Crippen LogP contribution is 2.39. The Kier molecular flexibility index (Phi) is 8.95. The van der Waals surface area contributed by atoms with Crippen LogP contribution in [0.15, 0.2) is 42.5 Å². The summed E-state index contributed by atoms with van der Waals surface area (Å²) < 4.78 is 6.06. The van der Waals surface area contributed by atoms with Crippen molar-refractivity contribution in [3.05, 3.63) is 48.0 Å². The van der Waals surface area contributed by atoms with E-state index in [1.54, 1.807) is 36.4 Å². The van der Waals surface area contributed by atoms with Crippen molar-refractivity contribution in [1.29, 1.82) is 0 Å². The molecule has 2 fully saturated rings. The molecule has 0 unspecified atom stereocenters. The first-order chi connectivity index (χ1) is 18.6. The molecule has 8 heteroatoms. The third kappa shape index (κ3) is 6.79. The molecule has 0 aromatic heterocycles. The van der Waals surface area contributed by atoms with Crippen LogP contribution in [0.4, 0.5) is 11.4 Å². The van der Waals surface area contributed by atoms with Gasteiger partial charge < -0.3 is 25.6 Å². The number of carboxylic acids is 1. The van der Waals surface area contributed by atoms with Gasteiger partial charge in [0, 0.05) is 11.4 Å². The van der Waals surface area contributed by atoms with Crippen molar-refractivity contribution < 1.29 is 29.3 Å². The summed E-state index contributed by atoms with van der Waals surface area (Å²) >= 11 is 0. The lowest BCUT2D eigenvalue weighted by Crippen LogP contribution is -2.44. The summed E-state index contributed by atoms with van der Waals surface area (Å²) in [7, 11) is 0. The second-order valence-corrected chi connectivity index (χ2v) is 11.5. The van der Waals surface area contributed by atoms with Gasteiger partial charge in [0.1, 0.15) is 22.5 Å². The third-order valence-electron chi connectivity index (χ3n) is 7.96. The van der Waals surface area contributed by atoms with Crippen LogP contribution in [-0.4, -0.2) is 33.6 Å². The molecule has 4 N–H and O–H groups in total. The Morgan fingerprint density at radius 1 is 0.821 bits per heavy atom.